The summed E-state index contributed by atoms with van der Waals surface area (Å²) >= 11 is 0. The second-order valence-electron chi connectivity index (χ2n) is 8.49. The van der Waals surface area contributed by atoms with Crippen LogP contribution >= 0.6 is 0 Å². The Morgan fingerprint density at radius 2 is 1.46 bits per heavy atom. The first-order chi connectivity index (χ1) is 17.0. The van der Waals surface area contributed by atoms with Gasteiger partial charge in [-0.05, 0) is 72.7 Å². The Morgan fingerprint density at radius 1 is 0.886 bits per heavy atom. The van der Waals surface area contributed by atoms with Crippen molar-refractivity contribution < 1.29 is 24.2 Å². The van der Waals surface area contributed by atoms with Crippen LogP contribution in [0.2, 0.25) is 0 Å². The van der Waals surface area contributed by atoms with E-state index in [0.717, 1.165) is 24.0 Å². The van der Waals surface area contributed by atoms with Crippen molar-refractivity contribution >= 4 is 11.3 Å². The Labute approximate surface area is 204 Å². The molecule has 1 aliphatic rings. The van der Waals surface area contributed by atoms with Crippen LogP contribution in [0.15, 0.2) is 66.2 Å². The van der Waals surface area contributed by atoms with Crippen LogP contribution in [0.4, 0.5) is 5.69 Å². The standard InChI is InChI=1S/C28H29NO6/c1-33-26-16-22(25(29(31)32)17-27(26)34-2)18-35-24-14-10-21(11-15-24)28(19-6-4-3-5-7-19)20-8-12-23(30)13-9-20/h8-17,30H,3-7,18H2,1-2H3. The fourth-order valence-corrected chi connectivity index (χ4v) is 4.51. The first-order valence-corrected chi connectivity index (χ1v) is 11.6. The number of benzene rings is 3. The van der Waals surface area contributed by atoms with Crippen molar-refractivity contribution in [1.82, 2.24) is 0 Å². The summed E-state index contributed by atoms with van der Waals surface area (Å²) in [7, 11) is 2.92. The lowest BCUT2D eigenvalue weighted by Gasteiger charge is -2.20. The van der Waals surface area contributed by atoms with Crippen LogP contribution in [0.5, 0.6) is 23.0 Å². The van der Waals surface area contributed by atoms with E-state index in [-0.39, 0.29) is 18.0 Å². The summed E-state index contributed by atoms with van der Waals surface area (Å²) < 4.78 is 16.4. The van der Waals surface area contributed by atoms with Gasteiger partial charge in [0.25, 0.3) is 5.69 Å². The monoisotopic (exact) mass is 475 g/mol. The molecule has 7 heteroatoms. The van der Waals surface area contributed by atoms with Gasteiger partial charge in [-0.3, -0.25) is 10.1 Å². The molecule has 182 valence electrons. The number of allylic oxidation sites excluding steroid dienone is 1. The molecule has 1 saturated carbocycles. The summed E-state index contributed by atoms with van der Waals surface area (Å²) in [5.74, 6) is 1.56. The predicted molar refractivity (Wildman–Crippen MR) is 134 cm³/mol. The minimum Gasteiger partial charge on any atom is -0.508 e. The second-order valence-corrected chi connectivity index (χ2v) is 8.49. The normalized spacial score (nSPS) is 13.3. The van der Waals surface area contributed by atoms with Crippen LogP contribution in [-0.2, 0) is 6.61 Å². The van der Waals surface area contributed by atoms with Gasteiger partial charge in [0, 0.05) is 0 Å². The van der Waals surface area contributed by atoms with Gasteiger partial charge in [0.15, 0.2) is 11.5 Å². The smallest absolute Gasteiger partial charge is 0.280 e. The van der Waals surface area contributed by atoms with E-state index in [1.165, 1.54) is 50.7 Å². The van der Waals surface area contributed by atoms with Gasteiger partial charge in [0.05, 0.1) is 30.8 Å². The first-order valence-electron chi connectivity index (χ1n) is 11.6. The minimum atomic E-state index is -0.454. The summed E-state index contributed by atoms with van der Waals surface area (Å²) in [5.41, 5.74) is 5.09. The lowest BCUT2D eigenvalue weighted by atomic mass is 9.85. The molecule has 0 bridgehead atoms. The largest absolute Gasteiger partial charge is 0.508 e. The van der Waals surface area contributed by atoms with Crippen molar-refractivity contribution in [2.24, 2.45) is 0 Å². The highest BCUT2D eigenvalue weighted by Gasteiger charge is 2.20. The number of hydrogen-bond donors (Lipinski definition) is 1. The molecule has 3 aromatic rings. The molecule has 35 heavy (non-hydrogen) atoms. The maximum atomic E-state index is 11.6. The van der Waals surface area contributed by atoms with Crippen LogP contribution in [0.1, 0.15) is 48.8 Å². The van der Waals surface area contributed by atoms with Crippen molar-refractivity contribution in [3.63, 3.8) is 0 Å². The van der Waals surface area contributed by atoms with Gasteiger partial charge in [0.1, 0.15) is 18.1 Å². The average Bonchev–Trinajstić information content (AvgIpc) is 2.89. The number of aromatic hydroxyl groups is 1. The number of ether oxygens (including phenoxy) is 3. The van der Waals surface area contributed by atoms with Crippen LogP contribution in [0, 0.1) is 10.1 Å². The van der Waals surface area contributed by atoms with Gasteiger partial charge in [-0.25, -0.2) is 0 Å². The third kappa shape index (κ3) is 5.57. The summed E-state index contributed by atoms with van der Waals surface area (Å²) in [6, 6.07) is 18.0. The first kappa shape index (κ1) is 24.1. The molecule has 0 aliphatic heterocycles. The van der Waals surface area contributed by atoms with E-state index in [1.807, 2.05) is 36.4 Å². The molecule has 4 rings (SSSR count). The highest BCUT2D eigenvalue weighted by molar-refractivity contribution is 5.82. The number of nitro groups is 1. The van der Waals surface area contributed by atoms with E-state index in [4.69, 9.17) is 14.2 Å². The maximum absolute atomic E-state index is 11.6. The minimum absolute atomic E-state index is 0.0158. The molecule has 3 aromatic carbocycles. The molecule has 0 amide bonds. The number of nitro benzene ring substituents is 1. The molecule has 0 radical (unpaired) electrons. The Bertz CT molecular complexity index is 1210. The van der Waals surface area contributed by atoms with E-state index < -0.39 is 4.92 Å². The third-order valence-corrected chi connectivity index (χ3v) is 6.29. The molecule has 1 N–H and O–H groups in total. The fraction of sp³-hybridized carbons (Fsp3) is 0.286. The van der Waals surface area contributed by atoms with Gasteiger partial charge in [-0.15, -0.1) is 0 Å². The zero-order valence-electron chi connectivity index (χ0n) is 20.0. The van der Waals surface area contributed by atoms with Crippen molar-refractivity contribution in [3.8, 4) is 23.0 Å². The Hall–Kier alpha value is -4.00. The number of nitrogens with zero attached hydrogens (tertiary/aromatic N) is 1. The highest BCUT2D eigenvalue weighted by Crippen LogP contribution is 2.37. The topological polar surface area (TPSA) is 91.1 Å². The Kier molecular flexibility index (Phi) is 7.55. The second kappa shape index (κ2) is 11.0. The summed E-state index contributed by atoms with van der Waals surface area (Å²) in [6.45, 7) is 0.0158. The van der Waals surface area contributed by atoms with Gasteiger partial charge < -0.3 is 19.3 Å². The van der Waals surface area contributed by atoms with Crippen LogP contribution < -0.4 is 14.2 Å². The number of phenols is 1. The molecular weight excluding hydrogens is 446 g/mol. The van der Waals surface area contributed by atoms with E-state index in [0.29, 0.717) is 22.8 Å². The summed E-state index contributed by atoms with van der Waals surface area (Å²) in [4.78, 5) is 11.1. The SMILES string of the molecule is COc1cc(COc2ccc(C(=C3CCCCC3)c3ccc(O)cc3)cc2)c([N+](=O)[O-])cc1OC. The van der Waals surface area contributed by atoms with Crippen molar-refractivity contribution in [2.75, 3.05) is 14.2 Å². The number of rotatable bonds is 8. The molecule has 0 unspecified atom stereocenters. The third-order valence-electron chi connectivity index (χ3n) is 6.29. The van der Waals surface area contributed by atoms with Crippen LogP contribution in [0.3, 0.4) is 0 Å². The zero-order chi connectivity index (χ0) is 24.8. The zero-order valence-corrected chi connectivity index (χ0v) is 20.0. The molecule has 0 atom stereocenters. The van der Waals surface area contributed by atoms with Gasteiger partial charge >= 0.3 is 0 Å². The summed E-state index contributed by atoms with van der Waals surface area (Å²) in [5, 5.41) is 21.3. The van der Waals surface area contributed by atoms with Crippen LogP contribution in [-0.4, -0.2) is 24.2 Å². The van der Waals surface area contributed by atoms with E-state index in [2.05, 4.69) is 0 Å². The van der Waals surface area contributed by atoms with E-state index in [9.17, 15) is 15.2 Å². The molecule has 0 aromatic heterocycles. The summed E-state index contributed by atoms with van der Waals surface area (Å²) in [6.07, 6.45) is 5.75. The Morgan fingerprint density at radius 3 is 2.03 bits per heavy atom. The molecule has 1 fully saturated rings. The molecule has 0 heterocycles. The Balaban J connectivity index is 1.59. The maximum Gasteiger partial charge on any atom is 0.280 e. The molecular formula is C28H29NO6. The quantitative estimate of drug-likeness (QED) is 0.289. The lowest BCUT2D eigenvalue weighted by Crippen LogP contribution is -2.03. The van der Waals surface area contributed by atoms with Gasteiger partial charge in [-0.2, -0.15) is 0 Å². The molecule has 7 nitrogen and oxygen atoms in total. The van der Waals surface area contributed by atoms with Crippen molar-refractivity contribution in [2.45, 2.75) is 38.7 Å². The van der Waals surface area contributed by atoms with Crippen molar-refractivity contribution in [1.29, 1.82) is 0 Å². The number of methoxy groups -OCH3 is 2. The van der Waals surface area contributed by atoms with E-state index in [1.54, 1.807) is 18.2 Å². The fourth-order valence-electron chi connectivity index (χ4n) is 4.51. The number of hydrogen-bond acceptors (Lipinski definition) is 6. The van der Waals surface area contributed by atoms with E-state index >= 15 is 0 Å². The van der Waals surface area contributed by atoms with Gasteiger partial charge in [0.2, 0.25) is 0 Å². The number of phenolic OH excluding ortho intramolecular Hbond substituents is 1. The van der Waals surface area contributed by atoms with Crippen LogP contribution in [0.25, 0.3) is 5.57 Å². The van der Waals surface area contributed by atoms with Crippen molar-refractivity contribution in [3.05, 3.63) is 93.0 Å². The van der Waals surface area contributed by atoms with Gasteiger partial charge in [-0.1, -0.05) is 36.3 Å². The molecule has 1 aliphatic carbocycles. The highest BCUT2D eigenvalue weighted by atomic mass is 16.6. The lowest BCUT2D eigenvalue weighted by molar-refractivity contribution is -0.385. The average molecular weight is 476 g/mol. The predicted octanol–water partition coefficient (Wildman–Crippen LogP) is 6.66. The molecule has 0 spiro atoms. The molecule has 0 saturated heterocycles.